The van der Waals surface area contributed by atoms with Gasteiger partial charge < -0.3 is 15.2 Å². The van der Waals surface area contributed by atoms with Crippen LogP contribution in [0.5, 0.6) is 0 Å². The molecule has 2 rings (SSSR count). The van der Waals surface area contributed by atoms with Crippen LogP contribution in [-0.2, 0) is 4.74 Å². The Morgan fingerprint density at radius 2 is 1.71 bits per heavy atom. The highest BCUT2D eigenvalue weighted by atomic mass is 16.5. The maximum absolute atomic E-state index is 11.3. The molecule has 0 radical (unpaired) electrons. The van der Waals surface area contributed by atoms with Gasteiger partial charge in [0.25, 0.3) is 0 Å². The summed E-state index contributed by atoms with van der Waals surface area (Å²) in [4.78, 5) is 19.5. The van der Waals surface area contributed by atoms with E-state index in [9.17, 15) is 9.90 Å². The van der Waals surface area contributed by atoms with Gasteiger partial charge in [0.2, 0.25) is 0 Å². The van der Waals surface area contributed by atoms with Crippen molar-refractivity contribution in [2.45, 2.75) is 67.2 Å². The number of allylic oxidation sites excluding steroid dienone is 1. The zero-order chi connectivity index (χ0) is 26.5. The van der Waals surface area contributed by atoms with Crippen molar-refractivity contribution in [2.75, 3.05) is 25.6 Å². The summed E-state index contributed by atoms with van der Waals surface area (Å²) in [5.41, 5.74) is 2.45. The molecule has 0 aliphatic carbocycles. The Morgan fingerprint density at radius 3 is 2.14 bits per heavy atom. The number of aliphatic imine (C=N–C) groups is 1. The number of aromatic carboxylic acids is 1. The van der Waals surface area contributed by atoms with Crippen LogP contribution < -0.4 is 5.32 Å². The molecule has 0 spiro atoms. The molecule has 0 atom stereocenters. The number of anilines is 1. The predicted molar refractivity (Wildman–Crippen MR) is 149 cm³/mol. The molecule has 0 saturated heterocycles. The third kappa shape index (κ3) is 14.1. The van der Waals surface area contributed by atoms with E-state index in [1.807, 2.05) is 43.3 Å². The minimum atomic E-state index is -1.01. The molecule has 194 valence electrons. The smallest absolute Gasteiger partial charge is 0.337 e. The number of benzene rings is 1. The lowest BCUT2D eigenvalue weighted by atomic mass is 10.0. The molecule has 0 unspecified atom stereocenters. The minimum Gasteiger partial charge on any atom is -0.478 e. The Labute approximate surface area is 212 Å². The quantitative estimate of drug-likeness (QED) is 0.207. The molecule has 6 nitrogen and oxygen atoms in total. The van der Waals surface area contributed by atoms with Crippen LogP contribution in [0.3, 0.4) is 0 Å². The van der Waals surface area contributed by atoms with E-state index in [2.05, 4.69) is 49.9 Å². The number of ether oxygens (including phenoxy) is 1. The number of nitrogens with zero attached hydrogens (tertiary/aromatic N) is 2. The first-order chi connectivity index (χ1) is 16.9. The second-order valence-corrected chi connectivity index (χ2v) is 8.29. The number of rotatable bonds is 10. The Bertz CT molecular complexity index is 874. The van der Waals surface area contributed by atoms with E-state index in [4.69, 9.17) is 4.74 Å². The average molecular weight is 484 g/mol. The fourth-order valence-corrected chi connectivity index (χ4v) is 3.08. The fourth-order valence-electron chi connectivity index (χ4n) is 3.08. The van der Waals surface area contributed by atoms with E-state index in [-0.39, 0.29) is 5.56 Å². The number of hydrogen-bond acceptors (Lipinski definition) is 4. The molecule has 2 N–H and O–H groups in total. The van der Waals surface area contributed by atoms with Crippen molar-refractivity contribution in [1.29, 1.82) is 0 Å². The minimum absolute atomic E-state index is 0.152. The summed E-state index contributed by atoms with van der Waals surface area (Å²) in [5, 5.41) is 12.3. The highest BCUT2D eigenvalue weighted by Gasteiger charge is 2.14. The van der Waals surface area contributed by atoms with Crippen LogP contribution in [0.2, 0.25) is 0 Å². The number of pyridine rings is 1. The van der Waals surface area contributed by atoms with Gasteiger partial charge in [-0.1, -0.05) is 83.9 Å². The van der Waals surface area contributed by atoms with Crippen molar-refractivity contribution in [3.05, 3.63) is 66.0 Å². The molecular weight excluding hydrogens is 438 g/mol. The van der Waals surface area contributed by atoms with Crippen LogP contribution in [0.4, 0.5) is 5.69 Å². The summed E-state index contributed by atoms with van der Waals surface area (Å²) in [6, 6.07) is 11.2. The fraction of sp³-hybridized carbons (Fsp3) is 0.483. The summed E-state index contributed by atoms with van der Waals surface area (Å²) in [6.07, 6.45) is 9.84. The first-order valence-electron chi connectivity index (χ1n) is 12.6. The van der Waals surface area contributed by atoms with E-state index in [1.165, 1.54) is 31.3 Å². The molecule has 0 aliphatic heterocycles. The third-order valence-corrected chi connectivity index (χ3v) is 4.72. The molecule has 6 heteroatoms. The summed E-state index contributed by atoms with van der Waals surface area (Å²) < 4.78 is 5.13. The summed E-state index contributed by atoms with van der Waals surface area (Å²) >= 11 is 0. The lowest BCUT2D eigenvalue weighted by Crippen LogP contribution is -2.17. The van der Waals surface area contributed by atoms with Gasteiger partial charge >= 0.3 is 5.97 Å². The molecule has 0 saturated carbocycles. The van der Waals surface area contributed by atoms with Crippen molar-refractivity contribution in [3.8, 4) is 0 Å². The van der Waals surface area contributed by atoms with Gasteiger partial charge in [-0.05, 0) is 37.3 Å². The number of hydrogen-bond donors (Lipinski definition) is 2. The van der Waals surface area contributed by atoms with Crippen LogP contribution in [0, 0.1) is 5.92 Å². The van der Waals surface area contributed by atoms with Crippen molar-refractivity contribution in [2.24, 2.45) is 10.9 Å². The maximum atomic E-state index is 11.3. The van der Waals surface area contributed by atoms with E-state index in [1.54, 1.807) is 7.05 Å². The van der Waals surface area contributed by atoms with Gasteiger partial charge in [-0.15, -0.1) is 0 Å². The molecule has 1 aromatic carbocycles. The third-order valence-electron chi connectivity index (χ3n) is 4.72. The number of aromatic nitrogens is 1. The van der Waals surface area contributed by atoms with Gasteiger partial charge in [0.05, 0.1) is 17.4 Å². The summed E-state index contributed by atoms with van der Waals surface area (Å²) in [6.45, 7) is 14.7. The Hall–Kier alpha value is -2.99. The molecule has 2 aromatic rings. The average Bonchev–Trinajstić information content (AvgIpc) is 2.85. The maximum Gasteiger partial charge on any atom is 0.337 e. The van der Waals surface area contributed by atoms with Crippen molar-refractivity contribution < 1.29 is 14.6 Å². The van der Waals surface area contributed by atoms with E-state index >= 15 is 0 Å². The Balaban J connectivity index is 0.000000733. The standard InChI is InChI=1S/C17H17N3O2.C6H14O.C6H14/c1-3-13(12-7-5-4-6-8-12)16(18-2)20-15-11-19-10-9-14(15)17(21)22;1-3-5-7-6-4-2;1-4-5-6(2)3/h3-11H,1-2H3,(H,18,20)(H,21,22);3-6H2,1-2H3;6H,4-5H2,1-3H3/b13-3-;;. The molecule has 0 amide bonds. The number of carboxylic acid groups (broad SMARTS) is 1. The van der Waals surface area contributed by atoms with Crippen LogP contribution in [0.15, 0.2) is 59.9 Å². The van der Waals surface area contributed by atoms with Gasteiger partial charge in [-0.25, -0.2) is 4.79 Å². The van der Waals surface area contributed by atoms with Crippen LogP contribution in [0.1, 0.15) is 83.1 Å². The molecule has 1 aromatic heterocycles. The number of nitrogens with one attached hydrogen (secondary N) is 1. The van der Waals surface area contributed by atoms with Crippen LogP contribution in [-0.4, -0.2) is 42.2 Å². The van der Waals surface area contributed by atoms with Crippen molar-refractivity contribution >= 4 is 23.1 Å². The van der Waals surface area contributed by atoms with Crippen LogP contribution >= 0.6 is 0 Å². The van der Waals surface area contributed by atoms with Crippen LogP contribution in [0.25, 0.3) is 5.57 Å². The first kappa shape index (κ1) is 32.0. The van der Waals surface area contributed by atoms with Gasteiger partial charge in [-0.3, -0.25) is 9.98 Å². The molecule has 0 fully saturated rings. The topological polar surface area (TPSA) is 83.8 Å². The molecule has 0 aliphatic rings. The van der Waals surface area contributed by atoms with E-state index in [0.717, 1.165) is 43.1 Å². The lowest BCUT2D eigenvalue weighted by Gasteiger charge is -2.14. The van der Waals surface area contributed by atoms with Gasteiger partial charge in [0.1, 0.15) is 5.84 Å². The highest BCUT2D eigenvalue weighted by molar-refractivity contribution is 6.28. The van der Waals surface area contributed by atoms with Gasteiger partial charge in [0, 0.05) is 32.0 Å². The lowest BCUT2D eigenvalue weighted by molar-refractivity contribution is 0.0698. The SMILES string of the molecule is C/C=C(\C(=NC)Nc1cnccc1C(=O)O)c1ccccc1.CCCC(C)C.CCCOCCC. The second kappa shape index (κ2) is 20.4. The normalized spacial score (nSPS) is 11.2. The van der Waals surface area contributed by atoms with E-state index in [0.29, 0.717) is 11.5 Å². The van der Waals surface area contributed by atoms with E-state index < -0.39 is 5.97 Å². The predicted octanol–water partition coefficient (Wildman–Crippen LogP) is 7.59. The second-order valence-electron chi connectivity index (χ2n) is 8.29. The van der Waals surface area contributed by atoms with Gasteiger partial charge in [-0.2, -0.15) is 0 Å². The Morgan fingerprint density at radius 1 is 1.09 bits per heavy atom. The first-order valence-corrected chi connectivity index (χ1v) is 12.6. The molecule has 0 bridgehead atoms. The molecule has 35 heavy (non-hydrogen) atoms. The summed E-state index contributed by atoms with van der Waals surface area (Å²) in [7, 11) is 1.66. The number of carbonyl (C=O) groups is 1. The number of amidine groups is 1. The monoisotopic (exact) mass is 483 g/mol. The van der Waals surface area contributed by atoms with Crippen molar-refractivity contribution in [1.82, 2.24) is 4.98 Å². The zero-order valence-electron chi connectivity index (χ0n) is 22.7. The highest BCUT2D eigenvalue weighted by Crippen LogP contribution is 2.20. The summed E-state index contributed by atoms with van der Waals surface area (Å²) in [5.74, 6) is 0.473. The largest absolute Gasteiger partial charge is 0.478 e. The van der Waals surface area contributed by atoms with Gasteiger partial charge in [0.15, 0.2) is 0 Å². The zero-order valence-corrected chi connectivity index (χ0v) is 22.7. The molecular formula is C29H45N3O3. The molecule has 1 heterocycles. The van der Waals surface area contributed by atoms with Crippen molar-refractivity contribution in [3.63, 3.8) is 0 Å². The Kier molecular flexibility index (Phi) is 18.6. The number of carboxylic acids is 1.